The van der Waals surface area contributed by atoms with Crippen LogP contribution < -0.4 is 0 Å². The van der Waals surface area contributed by atoms with Gasteiger partial charge in [0.05, 0.1) is 9.60 Å². The summed E-state index contributed by atoms with van der Waals surface area (Å²) >= 11 is 0. The smallest absolute Gasteiger partial charge is 0.0616 e. The van der Waals surface area contributed by atoms with Crippen molar-refractivity contribution >= 4 is 53.9 Å². The zero-order chi connectivity index (χ0) is 39.1. The summed E-state index contributed by atoms with van der Waals surface area (Å²) in [5.74, 6) is 0. The lowest BCUT2D eigenvalue weighted by molar-refractivity contribution is 1.62. The molecule has 0 N–H and O–H groups in total. The van der Waals surface area contributed by atoms with Crippen molar-refractivity contribution in [3.8, 4) is 44.5 Å². The molecule has 0 aliphatic rings. The molecule has 10 aromatic rings. The number of hydrogen-bond donors (Lipinski definition) is 0. The largest absolute Gasteiger partial charge is 0.0636 e. The van der Waals surface area contributed by atoms with Crippen molar-refractivity contribution in [1.82, 2.24) is 0 Å². The van der Waals surface area contributed by atoms with Gasteiger partial charge in [-0.1, -0.05) is 176 Å². The van der Waals surface area contributed by atoms with Gasteiger partial charge < -0.3 is 0 Å². The third-order valence-electron chi connectivity index (χ3n) is 9.85. The molecule has 0 spiro atoms. The Balaban J connectivity index is 1.43. The number of fused-ring (bicyclic) bond motifs is 5. The van der Waals surface area contributed by atoms with E-state index in [0.29, 0.717) is 44.2 Å². The van der Waals surface area contributed by atoms with Gasteiger partial charge in [0.15, 0.2) is 0 Å². The van der Waals surface area contributed by atoms with Crippen molar-refractivity contribution in [3.63, 3.8) is 0 Å². The molecule has 10 aromatic carbocycles. The summed E-state index contributed by atoms with van der Waals surface area (Å²) in [6.07, 6.45) is 0. The zero-order valence-corrected chi connectivity index (χ0v) is 26.9. The molecule has 0 aliphatic heterocycles. The molecule has 10 rings (SSSR count). The first kappa shape index (κ1) is 22.2. The summed E-state index contributed by atoms with van der Waals surface area (Å²) in [5, 5.41) is 6.92. The number of rotatable bonds is 4. The maximum atomic E-state index is 10.2. The average molecular weight is 640 g/mol. The highest BCUT2D eigenvalue weighted by Crippen LogP contribution is 2.47. The van der Waals surface area contributed by atoms with Crippen molar-refractivity contribution in [1.29, 1.82) is 0 Å². The lowest BCUT2D eigenvalue weighted by Crippen LogP contribution is -1.93. The van der Waals surface area contributed by atoms with Crippen LogP contribution in [0.3, 0.4) is 0 Å². The SMILES string of the molecule is [2H]c1c([2H])c([2H])c2c(-c3cccc4ccccc34)c3c([2H])c(-c4cccc5ccccc45)c([2H])c([2H])c3c(-c3cccc(-c4ccc5ccccc5c4)c3)c2c1[2H]. The summed E-state index contributed by atoms with van der Waals surface area (Å²) in [6, 6.07) is 48.0. The van der Waals surface area contributed by atoms with Crippen molar-refractivity contribution in [2.24, 2.45) is 0 Å². The molecule has 0 saturated carbocycles. The minimum atomic E-state index is -0.390. The lowest BCUT2D eigenvalue weighted by Gasteiger charge is -2.20. The average Bonchev–Trinajstić information content (AvgIpc) is 3.25. The maximum Gasteiger partial charge on any atom is 0.0636 e. The van der Waals surface area contributed by atoms with Crippen LogP contribution in [0.4, 0.5) is 0 Å². The van der Waals surface area contributed by atoms with Crippen molar-refractivity contribution in [2.75, 3.05) is 0 Å². The molecule has 0 saturated heterocycles. The zero-order valence-electron chi connectivity index (χ0n) is 33.9. The van der Waals surface area contributed by atoms with Gasteiger partial charge in [-0.05, 0) is 117 Å². The molecular formula is C50H32. The molecule has 0 bridgehead atoms. The Morgan fingerprint density at radius 1 is 0.300 bits per heavy atom. The third-order valence-corrected chi connectivity index (χ3v) is 9.85. The van der Waals surface area contributed by atoms with E-state index in [1.54, 1.807) is 0 Å². The minimum Gasteiger partial charge on any atom is -0.0616 e. The van der Waals surface area contributed by atoms with Gasteiger partial charge in [-0.15, -0.1) is 0 Å². The molecule has 0 heteroatoms. The maximum absolute atomic E-state index is 10.2. The first-order valence-corrected chi connectivity index (χ1v) is 16.8. The van der Waals surface area contributed by atoms with Gasteiger partial charge in [-0.2, -0.15) is 0 Å². The Bertz CT molecular complexity index is 3320. The highest BCUT2D eigenvalue weighted by Gasteiger charge is 2.19. The topological polar surface area (TPSA) is 0 Å². The molecule has 0 nitrogen and oxygen atoms in total. The monoisotopic (exact) mass is 639 g/mol. The molecule has 0 aliphatic carbocycles. The second-order valence-corrected chi connectivity index (χ2v) is 12.7. The Morgan fingerprint density at radius 3 is 1.64 bits per heavy atom. The van der Waals surface area contributed by atoms with Gasteiger partial charge in [0.1, 0.15) is 0 Å². The van der Waals surface area contributed by atoms with E-state index in [2.05, 4.69) is 30.3 Å². The fourth-order valence-electron chi connectivity index (χ4n) is 7.52. The molecule has 0 aromatic heterocycles. The fourth-order valence-corrected chi connectivity index (χ4v) is 7.52. The summed E-state index contributed by atoms with van der Waals surface area (Å²) in [4.78, 5) is 0. The van der Waals surface area contributed by atoms with Gasteiger partial charge in [0.2, 0.25) is 0 Å². The fraction of sp³-hybridized carbons (Fsp3) is 0. The third kappa shape index (κ3) is 4.61. The normalized spacial score (nSPS) is 13.6. The van der Waals surface area contributed by atoms with Crippen LogP contribution in [0.25, 0.3) is 98.4 Å². The van der Waals surface area contributed by atoms with Gasteiger partial charge in [-0.25, -0.2) is 0 Å². The molecule has 232 valence electrons. The van der Waals surface area contributed by atoms with Gasteiger partial charge in [0.25, 0.3) is 0 Å². The van der Waals surface area contributed by atoms with E-state index < -0.39 is 6.04 Å². The quantitative estimate of drug-likeness (QED) is 0.168. The van der Waals surface area contributed by atoms with Crippen LogP contribution in [0.5, 0.6) is 0 Å². The van der Waals surface area contributed by atoms with E-state index in [4.69, 9.17) is 2.74 Å². The van der Waals surface area contributed by atoms with E-state index in [1.165, 1.54) is 0 Å². The van der Waals surface area contributed by atoms with Gasteiger partial charge in [0, 0.05) is 0 Å². The lowest BCUT2D eigenvalue weighted by atomic mass is 9.83. The molecule has 0 amide bonds. The van der Waals surface area contributed by atoms with E-state index in [-0.39, 0.29) is 47.0 Å². The first-order chi connectivity index (χ1) is 27.7. The molecule has 0 unspecified atom stereocenters. The molecule has 0 fully saturated rings. The van der Waals surface area contributed by atoms with E-state index in [9.17, 15) is 6.85 Å². The first-order valence-electron chi connectivity index (χ1n) is 20.3. The second-order valence-electron chi connectivity index (χ2n) is 12.7. The molecule has 0 atom stereocenters. The Kier molecular flexibility index (Phi) is 5.14. The summed E-state index contributed by atoms with van der Waals surface area (Å²) < 4.78 is 66.8. The molecular weight excluding hydrogens is 601 g/mol. The highest BCUT2D eigenvalue weighted by atomic mass is 14.2. The van der Waals surface area contributed by atoms with E-state index in [1.807, 2.05) is 121 Å². The van der Waals surface area contributed by atoms with E-state index >= 15 is 0 Å². The second kappa shape index (κ2) is 11.6. The van der Waals surface area contributed by atoms with E-state index in [0.717, 1.165) is 43.4 Å². The van der Waals surface area contributed by atoms with Crippen molar-refractivity contribution in [3.05, 3.63) is 194 Å². The molecule has 0 radical (unpaired) electrons. The van der Waals surface area contributed by atoms with Gasteiger partial charge >= 0.3 is 0 Å². The Hall–Kier alpha value is -6.50. The van der Waals surface area contributed by atoms with Crippen LogP contribution in [0, 0.1) is 0 Å². The van der Waals surface area contributed by atoms with Crippen molar-refractivity contribution < 1.29 is 9.60 Å². The van der Waals surface area contributed by atoms with Crippen molar-refractivity contribution in [2.45, 2.75) is 0 Å². The van der Waals surface area contributed by atoms with Crippen LogP contribution >= 0.6 is 0 Å². The standard InChI is InChI=1S/C50H32/c1-2-15-36-30-38(27-26-33(36)12-1)37-18-9-19-40(31-37)49-45-22-7-8-23-46(45)50(44-25-11-17-35-14-4-6-21-42(35)44)48-32-39(28-29-47(48)49)43-24-10-16-34-13-3-5-20-41(34)43/h1-32H/i7D,8D,22D,23D,28D,29D,32D. The molecule has 0 heterocycles. The minimum absolute atomic E-state index is 0.0199. The highest BCUT2D eigenvalue weighted by molar-refractivity contribution is 6.24. The van der Waals surface area contributed by atoms with Crippen LogP contribution in [-0.4, -0.2) is 0 Å². The predicted molar refractivity (Wildman–Crippen MR) is 216 cm³/mol. The number of hydrogen-bond acceptors (Lipinski definition) is 0. The Morgan fingerprint density at radius 2 is 0.860 bits per heavy atom. The summed E-state index contributed by atoms with van der Waals surface area (Å²) in [5.41, 5.74) is 4.93. The summed E-state index contributed by atoms with van der Waals surface area (Å²) in [6.45, 7) is 0. The summed E-state index contributed by atoms with van der Waals surface area (Å²) in [7, 11) is 0. The van der Waals surface area contributed by atoms with Crippen LogP contribution in [0.15, 0.2) is 194 Å². The van der Waals surface area contributed by atoms with Crippen LogP contribution in [0.1, 0.15) is 9.60 Å². The van der Waals surface area contributed by atoms with Crippen LogP contribution in [0.2, 0.25) is 0 Å². The Labute approximate surface area is 301 Å². The number of benzene rings is 10. The van der Waals surface area contributed by atoms with Crippen LogP contribution in [-0.2, 0) is 0 Å². The predicted octanol–water partition coefficient (Wildman–Crippen LogP) is 14.1. The molecule has 50 heavy (non-hydrogen) atoms. The van der Waals surface area contributed by atoms with Gasteiger partial charge in [-0.3, -0.25) is 0 Å².